The van der Waals surface area contributed by atoms with Crippen molar-refractivity contribution in [1.29, 1.82) is 0 Å². The van der Waals surface area contributed by atoms with Gasteiger partial charge in [-0.05, 0) is 18.6 Å². The molecule has 140 valence electrons. The van der Waals surface area contributed by atoms with Crippen LogP contribution in [0.25, 0.3) is 11.1 Å². The topological polar surface area (TPSA) is 49.7 Å². The second kappa shape index (κ2) is 8.45. The zero-order valence-corrected chi connectivity index (χ0v) is 15.8. The molecule has 1 aromatic heterocycles. The molecule has 27 heavy (non-hydrogen) atoms. The fraction of sp³-hybridized carbons (Fsp3) is 0.227. The number of carbonyl (C=O) groups is 1. The van der Waals surface area contributed by atoms with Gasteiger partial charge in [0, 0.05) is 17.2 Å². The molecule has 3 aromatic rings. The van der Waals surface area contributed by atoms with E-state index in [2.05, 4.69) is 0 Å². The van der Waals surface area contributed by atoms with Crippen molar-refractivity contribution < 1.29 is 19.0 Å². The lowest BCUT2D eigenvalue weighted by Crippen LogP contribution is -2.14. The van der Waals surface area contributed by atoms with E-state index in [1.54, 1.807) is 7.11 Å². The van der Waals surface area contributed by atoms with Crippen molar-refractivity contribution >= 4 is 5.97 Å². The number of para-hydroxylation sites is 1. The van der Waals surface area contributed by atoms with Gasteiger partial charge in [-0.1, -0.05) is 48.5 Å². The second-order valence-electron chi connectivity index (χ2n) is 5.94. The Bertz CT molecular complexity index is 915. The first-order chi connectivity index (χ1) is 13.2. The highest BCUT2D eigenvalue weighted by Gasteiger charge is 2.25. The maximum Gasteiger partial charge on any atom is 0.355 e. The fourth-order valence-electron chi connectivity index (χ4n) is 3.11. The lowest BCUT2D eigenvalue weighted by atomic mass is 10.0. The van der Waals surface area contributed by atoms with Crippen molar-refractivity contribution in [2.75, 3.05) is 20.8 Å². The summed E-state index contributed by atoms with van der Waals surface area (Å²) in [5.41, 5.74) is 3.03. The third-order valence-corrected chi connectivity index (χ3v) is 4.31. The molecule has 0 spiro atoms. The van der Waals surface area contributed by atoms with Crippen molar-refractivity contribution in [2.45, 2.75) is 13.5 Å². The number of esters is 1. The molecule has 0 radical (unpaired) electrons. The second-order valence-corrected chi connectivity index (χ2v) is 5.94. The molecule has 0 aliphatic rings. The standard InChI is InChI=1S/C22H23NO4/c1-4-27-20-14-18(17-12-8-9-13-19(17)25-2)21(22(24)26-3)23(20)15-16-10-6-5-7-11-16/h5-14H,4,15H2,1-3H3. The number of hydrogen-bond acceptors (Lipinski definition) is 4. The number of carbonyl (C=O) groups excluding carboxylic acids is 1. The molecule has 2 aromatic carbocycles. The van der Waals surface area contributed by atoms with Crippen LogP contribution in [0.3, 0.4) is 0 Å². The van der Waals surface area contributed by atoms with E-state index in [9.17, 15) is 4.79 Å². The van der Waals surface area contributed by atoms with E-state index < -0.39 is 5.97 Å². The Morgan fingerprint density at radius 3 is 2.33 bits per heavy atom. The molecule has 0 N–H and O–H groups in total. The van der Waals surface area contributed by atoms with Gasteiger partial charge in [-0.25, -0.2) is 4.79 Å². The molecule has 5 heteroatoms. The monoisotopic (exact) mass is 365 g/mol. The van der Waals surface area contributed by atoms with Crippen LogP contribution in [0.15, 0.2) is 60.7 Å². The SMILES string of the molecule is CCOc1cc(-c2ccccc2OC)c(C(=O)OC)n1Cc1ccccc1. The molecule has 0 saturated carbocycles. The van der Waals surface area contributed by atoms with Gasteiger partial charge in [0.25, 0.3) is 0 Å². The van der Waals surface area contributed by atoms with Gasteiger partial charge in [-0.3, -0.25) is 0 Å². The summed E-state index contributed by atoms with van der Waals surface area (Å²) in [4.78, 5) is 12.7. The van der Waals surface area contributed by atoms with Gasteiger partial charge in [-0.2, -0.15) is 0 Å². The molecule has 0 fully saturated rings. The van der Waals surface area contributed by atoms with E-state index in [4.69, 9.17) is 14.2 Å². The average molecular weight is 365 g/mol. The molecule has 0 atom stereocenters. The minimum atomic E-state index is -0.419. The Labute approximate surface area is 159 Å². The summed E-state index contributed by atoms with van der Waals surface area (Å²) < 4.78 is 18.3. The van der Waals surface area contributed by atoms with Crippen LogP contribution in [0.2, 0.25) is 0 Å². The first-order valence-electron chi connectivity index (χ1n) is 8.81. The van der Waals surface area contributed by atoms with Gasteiger partial charge in [-0.15, -0.1) is 0 Å². The minimum absolute atomic E-state index is 0.419. The third kappa shape index (κ3) is 3.82. The Balaban J connectivity index is 2.21. The quantitative estimate of drug-likeness (QED) is 0.583. The Morgan fingerprint density at radius 1 is 0.963 bits per heavy atom. The highest BCUT2D eigenvalue weighted by molar-refractivity contribution is 5.97. The fourth-order valence-corrected chi connectivity index (χ4v) is 3.11. The van der Waals surface area contributed by atoms with Gasteiger partial charge in [0.2, 0.25) is 0 Å². The van der Waals surface area contributed by atoms with Gasteiger partial charge in [0.05, 0.1) is 27.4 Å². The molecule has 0 bridgehead atoms. The molecule has 3 rings (SSSR count). The van der Waals surface area contributed by atoms with Crippen LogP contribution >= 0.6 is 0 Å². The first kappa shape index (κ1) is 18.6. The Kier molecular flexibility index (Phi) is 5.81. The van der Waals surface area contributed by atoms with E-state index >= 15 is 0 Å². The predicted molar refractivity (Wildman–Crippen MR) is 104 cm³/mol. The molecule has 5 nitrogen and oxygen atoms in total. The molecule has 0 amide bonds. The lowest BCUT2D eigenvalue weighted by Gasteiger charge is -2.14. The van der Waals surface area contributed by atoms with E-state index in [0.717, 1.165) is 16.7 Å². The summed E-state index contributed by atoms with van der Waals surface area (Å²) in [7, 11) is 3.00. The molecular weight excluding hydrogens is 342 g/mol. The van der Waals surface area contributed by atoms with Gasteiger partial charge < -0.3 is 18.8 Å². The van der Waals surface area contributed by atoms with E-state index in [-0.39, 0.29) is 0 Å². The van der Waals surface area contributed by atoms with Crippen molar-refractivity contribution in [3.8, 4) is 22.8 Å². The Hall–Kier alpha value is -3.21. The number of rotatable bonds is 7. The Morgan fingerprint density at radius 2 is 1.67 bits per heavy atom. The predicted octanol–water partition coefficient (Wildman–Crippen LogP) is 4.40. The zero-order valence-electron chi connectivity index (χ0n) is 15.8. The van der Waals surface area contributed by atoms with Crippen LogP contribution < -0.4 is 9.47 Å². The number of benzene rings is 2. The smallest absolute Gasteiger partial charge is 0.355 e. The van der Waals surface area contributed by atoms with Crippen LogP contribution in [0.4, 0.5) is 0 Å². The summed E-state index contributed by atoms with van der Waals surface area (Å²) in [5.74, 6) is 0.878. The van der Waals surface area contributed by atoms with Crippen LogP contribution in [-0.4, -0.2) is 31.4 Å². The van der Waals surface area contributed by atoms with Gasteiger partial charge in [0.15, 0.2) is 5.88 Å². The van der Waals surface area contributed by atoms with Crippen molar-refractivity contribution in [3.05, 3.63) is 71.9 Å². The van der Waals surface area contributed by atoms with Crippen LogP contribution in [0, 0.1) is 0 Å². The summed E-state index contributed by atoms with van der Waals surface area (Å²) in [6.07, 6.45) is 0. The number of methoxy groups -OCH3 is 2. The third-order valence-electron chi connectivity index (χ3n) is 4.31. The maximum absolute atomic E-state index is 12.7. The lowest BCUT2D eigenvalue weighted by molar-refractivity contribution is 0.0588. The van der Waals surface area contributed by atoms with Crippen LogP contribution in [-0.2, 0) is 11.3 Å². The van der Waals surface area contributed by atoms with E-state index in [1.165, 1.54) is 7.11 Å². The summed E-state index contributed by atoms with van der Waals surface area (Å²) in [6.45, 7) is 2.90. The average Bonchev–Trinajstić information content (AvgIpc) is 3.06. The molecular formula is C22H23NO4. The zero-order chi connectivity index (χ0) is 19.2. The number of aromatic nitrogens is 1. The first-order valence-corrected chi connectivity index (χ1v) is 8.81. The van der Waals surface area contributed by atoms with Crippen molar-refractivity contribution in [3.63, 3.8) is 0 Å². The summed E-state index contributed by atoms with van der Waals surface area (Å²) >= 11 is 0. The normalized spacial score (nSPS) is 10.5. The molecule has 1 heterocycles. The molecule has 0 aliphatic carbocycles. The molecule has 0 aliphatic heterocycles. The largest absolute Gasteiger partial charge is 0.496 e. The van der Waals surface area contributed by atoms with Crippen molar-refractivity contribution in [1.82, 2.24) is 4.57 Å². The van der Waals surface area contributed by atoms with Gasteiger partial charge in [0.1, 0.15) is 11.4 Å². The highest BCUT2D eigenvalue weighted by Crippen LogP contribution is 2.37. The van der Waals surface area contributed by atoms with Crippen LogP contribution in [0.1, 0.15) is 23.0 Å². The van der Waals surface area contributed by atoms with Crippen molar-refractivity contribution in [2.24, 2.45) is 0 Å². The minimum Gasteiger partial charge on any atom is -0.496 e. The van der Waals surface area contributed by atoms with Crippen LogP contribution in [0.5, 0.6) is 11.6 Å². The molecule has 0 unspecified atom stereocenters. The van der Waals surface area contributed by atoms with E-state index in [0.29, 0.717) is 30.5 Å². The number of nitrogens with zero attached hydrogens (tertiary/aromatic N) is 1. The van der Waals surface area contributed by atoms with Gasteiger partial charge >= 0.3 is 5.97 Å². The number of ether oxygens (including phenoxy) is 3. The summed E-state index contributed by atoms with van der Waals surface area (Å²) in [5, 5.41) is 0. The number of hydrogen-bond donors (Lipinski definition) is 0. The van der Waals surface area contributed by atoms with E-state index in [1.807, 2.05) is 72.2 Å². The maximum atomic E-state index is 12.7. The summed E-state index contributed by atoms with van der Waals surface area (Å²) in [6, 6.07) is 19.4. The molecule has 0 saturated heterocycles. The highest BCUT2D eigenvalue weighted by atomic mass is 16.5.